The van der Waals surface area contributed by atoms with Crippen LogP contribution in [0.2, 0.25) is 0 Å². The normalized spacial score (nSPS) is 14.3. The molecular formula is C25H54O3S2. The highest BCUT2D eigenvalue weighted by molar-refractivity contribution is 8.00. The molecular weight excluding hydrogens is 412 g/mol. The van der Waals surface area contributed by atoms with Crippen LogP contribution in [-0.2, 0) is 9.47 Å². The van der Waals surface area contributed by atoms with Crippen LogP contribution >= 0.6 is 23.5 Å². The minimum absolute atomic E-state index is 0.204. The molecule has 0 radical (unpaired) electrons. The average Bonchev–Trinajstić information content (AvgIpc) is 2.50. The van der Waals surface area contributed by atoms with E-state index < -0.39 is 6.10 Å². The molecule has 0 aliphatic carbocycles. The molecule has 1 atom stereocenters. The van der Waals surface area contributed by atoms with Crippen LogP contribution in [0, 0.1) is 5.41 Å². The first-order chi connectivity index (χ1) is 13.3. The van der Waals surface area contributed by atoms with Crippen LogP contribution in [0.5, 0.6) is 0 Å². The second kappa shape index (κ2) is 15.4. The Morgan fingerprint density at radius 2 is 1.17 bits per heavy atom. The summed E-state index contributed by atoms with van der Waals surface area (Å²) in [5.74, 6) is 2.40. The number of aliphatic hydroxyl groups excluding tert-OH is 1. The highest BCUT2D eigenvalue weighted by Gasteiger charge is 2.14. The fourth-order valence-corrected chi connectivity index (χ4v) is 3.91. The van der Waals surface area contributed by atoms with Crippen molar-refractivity contribution in [2.45, 2.75) is 124 Å². The predicted molar refractivity (Wildman–Crippen MR) is 140 cm³/mol. The Hall–Kier alpha value is 0.580. The average molecular weight is 467 g/mol. The van der Waals surface area contributed by atoms with Crippen molar-refractivity contribution in [3.05, 3.63) is 0 Å². The monoisotopic (exact) mass is 466 g/mol. The molecule has 0 saturated carbocycles. The molecule has 0 spiro atoms. The minimum Gasteiger partial charge on any atom is -0.388 e. The van der Waals surface area contributed by atoms with Crippen molar-refractivity contribution in [3.8, 4) is 0 Å². The lowest BCUT2D eigenvalue weighted by Crippen LogP contribution is -2.29. The number of hydrogen-bond acceptors (Lipinski definition) is 5. The van der Waals surface area contributed by atoms with Gasteiger partial charge in [0.25, 0.3) is 0 Å². The molecule has 0 aliphatic rings. The molecule has 1 N–H and O–H groups in total. The topological polar surface area (TPSA) is 38.7 Å². The maximum atomic E-state index is 9.64. The number of rotatable bonds is 11. The van der Waals surface area contributed by atoms with Crippen LogP contribution in [-0.4, -0.2) is 57.6 Å². The molecule has 0 bridgehead atoms. The lowest BCUT2D eigenvalue weighted by atomic mass is 9.91. The van der Waals surface area contributed by atoms with Crippen LogP contribution < -0.4 is 0 Å². The van der Waals surface area contributed by atoms with E-state index in [0.29, 0.717) is 34.7 Å². The number of hydrogen-bond donors (Lipinski definition) is 1. The van der Waals surface area contributed by atoms with E-state index in [9.17, 15) is 5.11 Å². The Morgan fingerprint density at radius 3 is 1.57 bits per heavy atom. The Labute approximate surface area is 198 Å². The molecule has 0 aromatic heterocycles. The van der Waals surface area contributed by atoms with Gasteiger partial charge in [0.15, 0.2) is 0 Å². The highest BCUT2D eigenvalue weighted by Crippen LogP contribution is 2.27. The smallest absolute Gasteiger partial charge is 0.101 e. The molecule has 1 unspecified atom stereocenters. The standard InChI is InChI=1S/C14H30O3S.C11H24S/c1-13(2,3)17-11-12(15)10-16-8-7-9-18-14(4,5)6;1-10(2,3)8-7-9-12-11(4,5)6/h12,15H,7-11H2,1-6H3;7-9H2,1-6H3. The predicted octanol–water partition coefficient (Wildman–Crippen LogP) is 7.45. The van der Waals surface area contributed by atoms with Crippen molar-refractivity contribution < 1.29 is 14.6 Å². The van der Waals surface area contributed by atoms with Gasteiger partial charge in [0.2, 0.25) is 0 Å². The van der Waals surface area contributed by atoms with Gasteiger partial charge in [0.1, 0.15) is 6.10 Å². The molecule has 0 amide bonds. The second-order valence-corrected chi connectivity index (χ2v) is 15.9. The first-order valence-corrected chi connectivity index (χ1v) is 13.5. The molecule has 0 fully saturated rings. The van der Waals surface area contributed by atoms with Crippen LogP contribution in [0.25, 0.3) is 0 Å². The summed E-state index contributed by atoms with van der Waals surface area (Å²) < 4.78 is 11.7. The van der Waals surface area contributed by atoms with E-state index in [1.807, 2.05) is 32.5 Å². The van der Waals surface area contributed by atoms with Gasteiger partial charge >= 0.3 is 0 Å². The van der Waals surface area contributed by atoms with E-state index in [2.05, 4.69) is 74.1 Å². The molecule has 0 heterocycles. The molecule has 184 valence electrons. The van der Waals surface area contributed by atoms with Crippen molar-refractivity contribution in [1.82, 2.24) is 0 Å². The van der Waals surface area contributed by atoms with Gasteiger partial charge in [0, 0.05) is 16.1 Å². The second-order valence-electron chi connectivity index (χ2n) is 12.1. The first kappa shape index (κ1) is 32.8. The molecule has 3 nitrogen and oxygen atoms in total. The summed E-state index contributed by atoms with van der Waals surface area (Å²) >= 11 is 4.01. The molecule has 0 aromatic rings. The Kier molecular flexibility index (Phi) is 16.8. The van der Waals surface area contributed by atoms with Gasteiger partial charge in [-0.25, -0.2) is 0 Å². The first-order valence-electron chi connectivity index (χ1n) is 11.5. The number of thioether (sulfide) groups is 2. The summed E-state index contributed by atoms with van der Waals surface area (Å²) in [4.78, 5) is 0. The number of ether oxygens (including phenoxy) is 2. The quantitative estimate of drug-likeness (QED) is 0.320. The van der Waals surface area contributed by atoms with Crippen molar-refractivity contribution >= 4 is 23.5 Å². The summed E-state index contributed by atoms with van der Waals surface area (Å²) in [5.41, 5.74) is 0.308. The van der Waals surface area contributed by atoms with E-state index in [0.717, 1.165) is 12.2 Å². The zero-order valence-electron chi connectivity index (χ0n) is 22.3. The molecule has 30 heavy (non-hydrogen) atoms. The van der Waals surface area contributed by atoms with Gasteiger partial charge in [-0.2, -0.15) is 23.5 Å². The maximum Gasteiger partial charge on any atom is 0.101 e. The van der Waals surface area contributed by atoms with Crippen molar-refractivity contribution in [1.29, 1.82) is 0 Å². The van der Waals surface area contributed by atoms with E-state index in [1.54, 1.807) is 0 Å². The van der Waals surface area contributed by atoms with E-state index >= 15 is 0 Å². The molecule has 0 saturated heterocycles. The molecule has 0 aliphatic heterocycles. The third kappa shape index (κ3) is 33.2. The van der Waals surface area contributed by atoms with Gasteiger partial charge < -0.3 is 14.6 Å². The van der Waals surface area contributed by atoms with Crippen LogP contribution in [0.3, 0.4) is 0 Å². The largest absolute Gasteiger partial charge is 0.388 e. The van der Waals surface area contributed by atoms with Gasteiger partial charge in [-0.3, -0.25) is 0 Å². The summed E-state index contributed by atoms with van der Waals surface area (Å²) in [5, 5.41) is 9.64. The fourth-order valence-electron chi connectivity index (χ4n) is 2.13. The maximum absolute atomic E-state index is 9.64. The molecule has 0 rings (SSSR count). The summed E-state index contributed by atoms with van der Waals surface area (Å²) in [6, 6.07) is 0. The van der Waals surface area contributed by atoms with E-state index in [1.165, 1.54) is 18.6 Å². The molecule has 5 heteroatoms. The van der Waals surface area contributed by atoms with E-state index in [-0.39, 0.29) is 5.60 Å². The Morgan fingerprint density at radius 1 is 0.700 bits per heavy atom. The minimum atomic E-state index is -0.528. The third-order valence-electron chi connectivity index (χ3n) is 3.59. The van der Waals surface area contributed by atoms with Crippen LogP contribution in [0.15, 0.2) is 0 Å². The zero-order valence-corrected chi connectivity index (χ0v) is 23.9. The third-order valence-corrected chi connectivity index (χ3v) is 6.31. The van der Waals surface area contributed by atoms with Gasteiger partial charge in [-0.05, 0) is 57.0 Å². The van der Waals surface area contributed by atoms with Crippen molar-refractivity contribution in [3.63, 3.8) is 0 Å². The lowest BCUT2D eigenvalue weighted by Gasteiger charge is -2.22. The Balaban J connectivity index is 0. The lowest BCUT2D eigenvalue weighted by molar-refractivity contribution is -0.0712. The number of aliphatic hydroxyl groups is 1. The summed E-state index contributed by atoms with van der Waals surface area (Å²) in [7, 11) is 0. The van der Waals surface area contributed by atoms with E-state index in [4.69, 9.17) is 9.47 Å². The van der Waals surface area contributed by atoms with Gasteiger partial charge in [-0.1, -0.05) is 62.3 Å². The van der Waals surface area contributed by atoms with Gasteiger partial charge in [0.05, 0.1) is 18.8 Å². The van der Waals surface area contributed by atoms with Crippen LogP contribution in [0.4, 0.5) is 0 Å². The van der Waals surface area contributed by atoms with Crippen molar-refractivity contribution in [2.24, 2.45) is 5.41 Å². The summed E-state index contributed by atoms with van der Waals surface area (Å²) in [6.45, 7) is 27.8. The molecule has 0 aromatic carbocycles. The van der Waals surface area contributed by atoms with Crippen LogP contribution in [0.1, 0.15) is 102 Å². The summed E-state index contributed by atoms with van der Waals surface area (Å²) in [6.07, 6.45) is 3.19. The van der Waals surface area contributed by atoms with Gasteiger partial charge in [-0.15, -0.1) is 0 Å². The Bertz CT molecular complexity index is 383. The highest BCUT2D eigenvalue weighted by atomic mass is 32.2. The SMILES string of the molecule is CC(C)(C)CCCSC(C)(C)C.CC(C)(C)OCC(O)COCCCSC(C)(C)C. The fraction of sp³-hybridized carbons (Fsp3) is 1.00. The van der Waals surface area contributed by atoms with Crippen molar-refractivity contribution in [2.75, 3.05) is 31.3 Å². The zero-order chi connectivity index (χ0) is 24.1.